The third kappa shape index (κ3) is 5.01. The zero-order chi connectivity index (χ0) is 18.2. The first-order valence-electron chi connectivity index (χ1n) is 8.14. The molecule has 0 amide bonds. The predicted octanol–water partition coefficient (Wildman–Crippen LogP) is 5.37. The molecule has 132 valence electrons. The van der Waals surface area contributed by atoms with E-state index in [0.717, 1.165) is 16.8 Å². The monoisotopic (exact) mass is 366 g/mol. The van der Waals surface area contributed by atoms with Gasteiger partial charge < -0.3 is 9.47 Å². The molecular formula is C21H19ClN2O2. The lowest BCUT2D eigenvalue weighted by Gasteiger charge is -2.11. The van der Waals surface area contributed by atoms with E-state index in [1.54, 1.807) is 19.4 Å². The predicted molar refractivity (Wildman–Crippen MR) is 106 cm³/mol. The number of methoxy groups -OCH3 is 1. The van der Waals surface area contributed by atoms with Crippen LogP contribution in [-0.2, 0) is 6.61 Å². The maximum atomic E-state index is 5.95. The Kier molecular flexibility index (Phi) is 6.12. The Morgan fingerprint density at radius 2 is 1.81 bits per heavy atom. The standard InChI is InChI=1S/C21H19ClN2O2/c1-25-21-12-17(14-23-24-19-9-5-8-18(22)13-19)10-11-20(21)26-15-16-6-3-2-4-7-16/h2-14,24H,15H2,1H3/b23-14-. The molecule has 0 heterocycles. The zero-order valence-electron chi connectivity index (χ0n) is 14.4. The van der Waals surface area contributed by atoms with Gasteiger partial charge in [0.25, 0.3) is 0 Å². The van der Waals surface area contributed by atoms with Crippen molar-refractivity contribution >= 4 is 23.5 Å². The van der Waals surface area contributed by atoms with Gasteiger partial charge in [0, 0.05) is 5.02 Å². The number of benzene rings is 3. The fourth-order valence-electron chi connectivity index (χ4n) is 2.36. The molecule has 0 spiro atoms. The van der Waals surface area contributed by atoms with Crippen molar-refractivity contribution < 1.29 is 9.47 Å². The molecule has 0 saturated carbocycles. The first-order valence-corrected chi connectivity index (χ1v) is 8.52. The Morgan fingerprint density at radius 3 is 2.58 bits per heavy atom. The third-order valence-corrected chi connectivity index (χ3v) is 3.89. The highest BCUT2D eigenvalue weighted by atomic mass is 35.5. The molecule has 0 aliphatic rings. The van der Waals surface area contributed by atoms with Crippen molar-refractivity contribution in [3.8, 4) is 11.5 Å². The Balaban J connectivity index is 1.65. The van der Waals surface area contributed by atoms with E-state index < -0.39 is 0 Å². The van der Waals surface area contributed by atoms with Gasteiger partial charge in [-0.3, -0.25) is 5.43 Å². The van der Waals surface area contributed by atoms with Crippen LogP contribution in [0.1, 0.15) is 11.1 Å². The van der Waals surface area contributed by atoms with Gasteiger partial charge in [-0.05, 0) is 47.5 Å². The quantitative estimate of drug-likeness (QED) is 0.451. The van der Waals surface area contributed by atoms with E-state index >= 15 is 0 Å². The highest BCUT2D eigenvalue weighted by Gasteiger charge is 2.05. The minimum atomic E-state index is 0.487. The zero-order valence-corrected chi connectivity index (χ0v) is 15.1. The first-order chi connectivity index (χ1) is 12.7. The van der Waals surface area contributed by atoms with Gasteiger partial charge in [-0.1, -0.05) is 48.0 Å². The number of anilines is 1. The molecule has 4 nitrogen and oxygen atoms in total. The largest absolute Gasteiger partial charge is 0.493 e. The topological polar surface area (TPSA) is 42.8 Å². The number of halogens is 1. The molecule has 3 aromatic carbocycles. The Morgan fingerprint density at radius 1 is 0.962 bits per heavy atom. The van der Waals surface area contributed by atoms with Crippen LogP contribution < -0.4 is 14.9 Å². The van der Waals surface area contributed by atoms with Crippen molar-refractivity contribution in [2.45, 2.75) is 6.61 Å². The summed E-state index contributed by atoms with van der Waals surface area (Å²) in [4.78, 5) is 0. The number of hydrogen-bond acceptors (Lipinski definition) is 4. The molecule has 0 atom stereocenters. The van der Waals surface area contributed by atoms with E-state index in [2.05, 4.69) is 10.5 Å². The number of nitrogens with zero attached hydrogens (tertiary/aromatic N) is 1. The van der Waals surface area contributed by atoms with Gasteiger partial charge in [0.1, 0.15) is 6.61 Å². The van der Waals surface area contributed by atoms with Gasteiger partial charge in [-0.2, -0.15) is 5.10 Å². The molecule has 0 saturated heterocycles. The molecule has 3 aromatic rings. The number of hydrazone groups is 1. The molecule has 5 heteroatoms. The van der Waals surface area contributed by atoms with Crippen LogP contribution in [0.5, 0.6) is 11.5 Å². The van der Waals surface area contributed by atoms with Crippen molar-refractivity contribution in [3.05, 3.63) is 88.9 Å². The highest BCUT2D eigenvalue weighted by Crippen LogP contribution is 2.28. The summed E-state index contributed by atoms with van der Waals surface area (Å²) < 4.78 is 11.3. The van der Waals surface area contributed by atoms with Crippen molar-refractivity contribution in [3.63, 3.8) is 0 Å². The summed E-state index contributed by atoms with van der Waals surface area (Å²) in [6.07, 6.45) is 1.71. The summed E-state index contributed by atoms with van der Waals surface area (Å²) in [5.74, 6) is 1.35. The van der Waals surface area contributed by atoms with Crippen LogP contribution in [0, 0.1) is 0 Å². The lowest BCUT2D eigenvalue weighted by atomic mass is 10.2. The van der Waals surface area contributed by atoms with Gasteiger partial charge in [0.05, 0.1) is 19.0 Å². The average molecular weight is 367 g/mol. The molecule has 0 bridgehead atoms. The van der Waals surface area contributed by atoms with Crippen LogP contribution in [0.2, 0.25) is 5.02 Å². The summed E-state index contributed by atoms with van der Waals surface area (Å²) in [5.41, 5.74) is 5.76. The van der Waals surface area contributed by atoms with Gasteiger partial charge in [-0.15, -0.1) is 0 Å². The average Bonchev–Trinajstić information content (AvgIpc) is 2.67. The lowest BCUT2D eigenvalue weighted by molar-refractivity contribution is 0.284. The van der Waals surface area contributed by atoms with Crippen LogP contribution in [0.4, 0.5) is 5.69 Å². The third-order valence-electron chi connectivity index (χ3n) is 3.66. The van der Waals surface area contributed by atoms with E-state index in [1.165, 1.54) is 0 Å². The minimum Gasteiger partial charge on any atom is -0.493 e. The summed E-state index contributed by atoms with van der Waals surface area (Å²) in [5, 5.41) is 4.88. The number of nitrogens with one attached hydrogen (secondary N) is 1. The summed E-state index contributed by atoms with van der Waals surface area (Å²) in [7, 11) is 1.62. The van der Waals surface area contributed by atoms with E-state index in [1.807, 2.05) is 66.7 Å². The van der Waals surface area contributed by atoms with E-state index in [9.17, 15) is 0 Å². The minimum absolute atomic E-state index is 0.487. The second-order valence-corrected chi connectivity index (χ2v) is 6.00. The highest BCUT2D eigenvalue weighted by molar-refractivity contribution is 6.30. The number of ether oxygens (including phenoxy) is 2. The molecule has 3 rings (SSSR count). The lowest BCUT2D eigenvalue weighted by Crippen LogP contribution is -1.98. The molecule has 1 N–H and O–H groups in total. The van der Waals surface area contributed by atoms with Crippen molar-refractivity contribution in [1.29, 1.82) is 0 Å². The van der Waals surface area contributed by atoms with Crippen molar-refractivity contribution in [1.82, 2.24) is 0 Å². The van der Waals surface area contributed by atoms with Gasteiger partial charge >= 0.3 is 0 Å². The molecule has 26 heavy (non-hydrogen) atoms. The molecule has 0 fully saturated rings. The molecule has 0 aliphatic carbocycles. The van der Waals surface area contributed by atoms with Crippen molar-refractivity contribution in [2.75, 3.05) is 12.5 Å². The van der Waals surface area contributed by atoms with Crippen LogP contribution in [0.3, 0.4) is 0 Å². The summed E-state index contributed by atoms with van der Waals surface area (Å²) in [6, 6.07) is 23.1. The smallest absolute Gasteiger partial charge is 0.161 e. The van der Waals surface area contributed by atoms with E-state index in [0.29, 0.717) is 23.1 Å². The van der Waals surface area contributed by atoms with Gasteiger partial charge in [-0.25, -0.2) is 0 Å². The fraction of sp³-hybridized carbons (Fsp3) is 0.0952. The van der Waals surface area contributed by atoms with Gasteiger partial charge in [0.15, 0.2) is 11.5 Å². The SMILES string of the molecule is COc1cc(/C=N\Nc2cccc(Cl)c2)ccc1OCc1ccccc1. The Bertz CT molecular complexity index is 882. The normalized spacial score (nSPS) is 10.7. The number of hydrogen-bond donors (Lipinski definition) is 1. The maximum absolute atomic E-state index is 5.95. The van der Waals surface area contributed by atoms with Crippen LogP contribution in [-0.4, -0.2) is 13.3 Å². The molecule has 0 radical (unpaired) electrons. The summed E-state index contributed by atoms with van der Waals surface area (Å²) >= 11 is 5.95. The Labute approximate surface area is 158 Å². The fourth-order valence-corrected chi connectivity index (χ4v) is 2.55. The van der Waals surface area contributed by atoms with E-state index in [4.69, 9.17) is 21.1 Å². The summed E-state index contributed by atoms with van der Waals surface area (Å²) in [6.45, 7) is 0.487. The Hall–Kier alpha value is -2.98. The van der Waals surface area contributed by atoms with Gasteiger partial charge in [0.2, 0.25) is 0 Å². The molecular weight excluding hydrogens is 348 g/mol. The maximum Gasteiger partial charge on any atom is 0.161 e. The van der Waals surface area contributed by atoms with Crippen LogP contribution in [0.15, 0.2) is 77.9 Å². The van der Waals surface area contributed by atoms with Crippen molar-refractivity contribution in [2.24, 2.45) is 5.10 Å². The second-order valence-electron chi connectivity index (χ2n) is 5.56. The first kappa shape index (κ1) is 17.8. The number of rotatable bonds is 7. The van der Waals surface area contributed by atoms with E-state index in [-0.39, 0.29) is 0 Å². The second kappa shape index (κ2) is 8.92. The van der Waals surface area contributed by atoms with Crippen LogP contribution in [0.25, 0.3) is 0 Å². The van der Waals surface area contributed by atoms with Crippen LogP contribution >= 0.6 is 11.6 Å². The molecule has 0 aromatic heterocycles. The molecule has 0 aliphatic heterocycles. The molecule has 0 unspecified atom stereocenters.